The van der Waals surface area contributed by atoms with Crippen LogP contribution in [0.4, 0.5) is 10.1 Å². The lowest BCUT2D eigenvalue weighted by molar-refractivity contribution is 0.609. The van der Waals surface area contributed by atoms with Gasteiger partial charge < -0.3 is 10.6 Å². The van der Waals surface area contributed by atoms with Crippen LogP contribution in [0, 0.1) is 12.7 Å². The standard InChI is InChI=1S/C15H25FN2S/c1-6-12(9-19-5)18(4)15-7-10(2)14(16)8-13(15)11(3)17/h7-8,11-12H,6,9,17H2,1-5H3/t11-,12?/m0/s1. The molecule has 0 heterocycles. The summed E-state index contributed by atoms with van der Waals surface area (Å²) < 4.78 is 13.7. The molecule has 2 N–H and O–H groups in total. The van der Waals surface area contributed by atoms with Crippen molar-refractivity contribution in [2.45, 2.75) is 39.3 Å². The van der Waals surface area contributed by atoms with Crippen molar-refractivity contribution in [1.29, 1.82) is 0 Å². The van der Waals surface area contributed by atoms with E-state index in [2.05, 4.69) is 25.1 Å². The van der Waals surface area contributed by atoms with E-state index >= 15 is 0 Å². The maximum Gasteiger partial charge on any atom is 0.126 e. The Bertz CT molecular complexity index is 421. The molecule has 0 aliphatic rings. The van der Waals surface area contributed by atoms with E-state index in [0.717, 1.165) is 23.4 Å². The summed E-state index contributed by atoms with van der Waals surface area (Å²) in [6.45, 7) is 5.88. The second kappa shape index (κ2) is 7.15. The Morgan fingerprint density at radius 1 is 1.42 bits per heavy atom. The summed E-state index contributed by atoms with van der Waals surface area (Å²) >= 11 is 1.83. The number of benzene rings is 1. The molecule has 0 amide bonds. The average Bonchev–Trinajstić information content (AvgIpc) is 2.37. The molecule has 0 radical (unpaired) electrons. The third-order valence-electron chi connectivity index (χ3n) is 3.56. The molecule has 1 unspecified atom stereocenters. The van der Waals surface area contributed by atoms with Gasteiger partial charge in [0.2, 0.25) is 0 Å². The third-order valence-corrected chi connectivity index (χ3v) is 4.27. The van der Waals surface area contributed by atoms with Crippen LogP contribution in [0.25, 0.3) is 0 Å². The Balaban J connectivity index is 3.19. The van der Waals surface area contributed by atoms with Gasteiger partial charge in [-0.3, -0.25) is 0 Å². The highest BCUT2D eigenvalue weighted by molar-refractivity contribution is 7.98. The molecule has 2 atom stereocenters. The highest BCUT2D eigenvalue weighted by Crippen LogP contribution is 2.30. The lowest BCUT2D eigenvalue weighted by atomic mass is 10.0. The Labute approximate surface area is 120 Å². The summed E-state index contributed by atoms with van der Waals surface area (Å²) in [5, 5.41) is 0. The maximum atomic E-state index is 13.7. The van der Waals surface area contributed by atoms with Crippen LogP contribution >= 0.6 is 11.8 Å². The van der Waals surface area contributed by atoms with E-state index in [9.17, 15) is 4.39 Å². The summed E-state index contributed by atoms with van der Waals surface area (Å²) in [6, 6.07) is 3.77. The molecule has 2 nitrogen and oxygen atoms in total. The molecule has 0 spiro atoms. The minimum atomic E-state index is -0.178. The minimum absolute atomic E-state index is 0.167. The zero-order chi connectivity index (χ0) is 14.6. The summed E-state index contributed by atoms with van der Waals surface area (Å²) in [6.07, 6.45) is 3.17. The SMILES string of the molecule is CCC(CSC)N(C)c1cc(C)c(F)cc1[C@H](C)N. The average molecular weight is 284 g/mol. The number of nitrogens with two attached hydrogens (primary N) is 1. The van der Waals surface area contributed by atoms with Crippen molar-refractivity contribution in [3.05, 3.63) is 29.1 Å². The maximum absolute atomic E-state index is 13.7. The molecule has 1 aromatic carbocycles. The fraction of sp³-hybridized carbons (Fsp3) is 0.600. The van der Waals surface area contributed by atoms with Gasteiger partial charge in [0.25, 0.3) is 0 Å². The molecule has 0 saturated carbocycles. The lowest BCUT2D eigenvalue weighted by Gasteiger charge is -2.32. The van der Waals surface area contributed by atoms with Gasteiger partial charge in [-0.05, 0) is 49.8 Å². The number of hydrogen-bond acceptors (Lipinski definition) is 3. The van der Waals surface area contributed by atoms with Gasteiger partial charge in [0.05, 0.1) is 0 Å². The number of nitrogens with zero attached hydrogens (tertiary/aromatic N) is 1. The first-order valence-corrected chi connectivity index (χ1v) is 8.09. The van der Waals surface area contributed by atoms with Crippen molar-refractivity contribution < 1.29 is 4.39 Å². The molecule has 0 aliphatic carbocycles. The van der Waals surface area contributed by atoms with Gasteiger partial charge in [-0.15, -0.1) is 0 Å². The fourth-order valence-corrected chi connectivity index (χ4v) is 3.09. The normalized spacial score (nSPS) is 14.3. The van der Waals surface area contributed by atoms with Crippen LogP contribution in [0.1, 0.15) is 37.4 Å². The predicted molar refractivity (Wildman–Crippen MR) is 84.6 cm³/mol. The van der Waals surface area contributed by atoms with E-state index in [4.69, 9.17) is 5.73 Å². The Kier molecular flexibility index (Phi) is 6.14. The van der Waals surface area contributed by atoms with Crippen LogP contribution in [0.5, 0.6) is 0 Å². The largest absolute Gasteiger partial charge is 0.371 e. The van der Waals surface area contributed by atoms with Gasteiger partial charge >= 0.3 is 0 Å². The molecule has 0 bridgehead atoms. The monoisotopic (exact) mass is 284 g/mol. The van der Waals surface area contributed by atoms with Gasteiger partial charge in [-0.2, -0.15) is 11.8 Å². The quantitative estimate of drug-likeness (QED) is 0.863. The number of thioether (sulfide) groups is 1. The summed E-state index contributed by atoms with van der Waals surface area (Å²) in [5.41, 5.74) is 8.59. The molecule has 4 heteroatoms. The van der Waals surface area contributed by atoms with Crippen LogP contribution in [0.2, 0.25) is 0 Å². The van der Waals surface area contributed by atoms with Gasteiger partial charge in [0, 0.05) is 30.6 Å². The molecular weight excluding hydrogens is 259 g/mol. The summed E-state index contributed by atoms with van der Waals surface area (Å²) in [5.74, 6) is 0.879. The molecule has 0 fully saturated rings. The highest BCUT2D eigenvalue weighted by atomic mass is 32.2. The van der Waals surface area contributed by atoms with Gasteiger partial charge in [-0.25, -0.2) is 4.39 Å². The van der Waals surface area contributed by atoms with Crippen molar-refractivity contribution in [2.75, 3.05) is 24.0 Å². The molecular formula is C15H25FN2S. The topological polar surface area (TPSA) is 29.3 Å². The first-order chi connectivity index (χ1) is 8.92. The van der Waals surface area contributed by atoms with Crippen molar-refractivity contribution in [3.8, 4) is 0 Å². The first-order valence-electron chi connectivity index (χ1n) is 6.69. The van der Waals surface area contributed by atoms with Crippen LogP contribution < -0.4 is 10.6 Å². The number of anilines is 1. The van der Waals surface area contributed by atoms with Crippen molar-refractivity contribution in [1.82, 2.24) is 0 Å². The fourth-order valence-electron chi connectivity index (χ4n) is 2.24. The number of hydrogen-bond donors (Lipinski definition) is 1. The smallest absolute Gasteiger partial charge is 0.126 e. The molecule has 1 aromatic rings. The first kappa shape index (κ1) is 16.3. The van der Waals surface area contributed by atoms with Crippen LogP contribution in [-0.2, 0) is 0 Å². The van der Waals surface area contributed by atoms with E-state index < -0.39 is 0 Å². The van der Waals surface area contributed by atoms with Gasteiger partial charge in [-0.1, -0.05) is 6.92 Å². The molecule has 0 saturated heterocycles. The zero-order valence-corrected chi connectivity index (χ0v) is 13.4. The van der Waals surface area contributed by atoms with Crippen molar-refractivity contribution in [3.63, 3.8) is 0 Å². The lowest BCUT2D eigenvalue weighted by Crippen LogP contribution is -2.34. The Hall–Kier alpha value is -0.740. The molecule has 19 heavy (non-hydrogen) atoms. The third kappa shape index (κ3) is 3.86. The van der Waals surface area contributed by atoms with Crippen LogP contribution in [-0.4, -0.2) is 25.1 Å². The van der Waals surface area contributed by atoms with E-state index in [1.165, 1.54) is 0 Å². The summed E-state index contributed by atoms with van der Waals surface area (Å²) in [7, 11) is 2.07. The van der Waals surface area contributed by atoms with Gasteiger partial charge in [0.15, 0.2) is 0 Å². The molecule has 0 aromatic heterocycles. The van der Waals surface area contributed by atoms with E-state index in [1.54, 1.807) is 13.0 Å². The second-order valence-corrected chi connectivity index (χ2v) is 5.99. The highest BCUT2D eigenvalue weighted by Gasteiger charge is 2.19. The zero-order valence-electron chi connectivity index (χ0n) is 12.5. The number of halogens is 1. The van der Waals surface area contributed by atoms with E-state index in [1.807, 2.05) is 24.8 Å². The van der Waals surface area contributed by atoms with E-state index in [0.29, 0.717) is 11.6 Å². The second-order valence-electron chi connectivity index (χ2n) is 5.08. The van der Waals surface area contributed by atoms with Crippen LogP contribution in [0.15, 0.2) is 12.1 Å². The van der Waals surface area contributed by atoms with Crippen molar-refractivity contribution in [2.24, 2.45) is 5.73 Å². The van der Waals surface area contributed by atoms with Crippen LogP contribution in [0.3, 0.4) is 0 Å². The minimum Gasteiger partial charge on any atom is -0.371 e. The Morgan fingerprint density at radius 2 is 2.05 bits per heavy atom. The molecule has 1 rings (SSSR count). The van der Waals surface area contributed by atoms with Crippen molar-refractivity contribution >= 4 is 17.4 Å². The summed E-state index contributed by atoms with van der Waals surface area (Å²) in [4.78, 5) is 2.24. The predicted octanol–water partition coefficient (Wildman–Crippen LogP) is 3.73. The Morgan fingerprint density at radius 3 is 2.53 bits per heavy atom. The van der Waals surface area contributed by atoms with Gasteiger partial charge in [0.1, 0.15) is 5.82 Å². The number of rotatable bonds is 6. The molecule has 0 aliphatic heterocycles. The molecule has 108 valence electrons. The van der Waals surface area contributed by atoms with E-state index in [-0.39, 0.29) is 11.9 Å². The number of aryl methyl sites for hydroxylation is 1.